The number of carboxylic acids is 1. The van der Waals surface area contributed by atoms with E-state index in [0.717, 1.165) is 0 Å². The van der Waals surface area contributed by atoms with Gasteiger partial charge in [0.2, 0.25) is 0 Å². The molecule has 0 spiro atoms. The summed E-state index contributed by atoms with van der Waals surface area (Å²) in [5, 5.41) is 17.5. The van der Waals surface area contributed by atoms with E-state index in [1.165, 1.54) is 12.3 Å². The number of nitrogens with zero attached hydrogens (tertiary/aromatic N) is 1. The lowest BCUT2D eigenvalue weighted by molar-refractivity contribution is -0.139. The fourth-order valence-electron chi connectivity index (χ4n) is 1.31. The molecule has 6 heteroatoms. The van der Waals surface area contributed by atoms with Gasteiger partial charge in [0, 0.05) is 6.20 Å². The van der Waals surface area contributed by atoms with Crippen LogP contribution in [0.3, 0.4) is 0 Å². The Bertz CT molecular complexity index is 359. The molecule has 0 bridgehead atoms. The molecule has 1 aromatic rings. The van der Waals surface area contributed by atoms with Gasteiger partial charge in [0.05, 0.1) is 0 Å². The lowest BCUT2D eigenvalue weighted by atomic mass is 10.0. The number of hydrogen-bond donors (Lipinski definition) is 3. The predicted octanol–water partition coefficient (Wildman–Crippen LogP) is 0.639. The van der Waals surface area contributed by atoms with Gasteiger partial charge in [0.1, 0.15) is 11.7 Å². The minimum atomic E-state index is -1.03. The first kappa shape index (κ1) is 12.2. The van der Waals surface area contributed by atoms with Crippen LogP contribution in [0.5, 0.6) is 0 Å². The molecule has 1 heterocycles. The number of aliphatic carboxylic acids is 1. The van der Waals surface area contributed by atoms with Gasteiger partial charge in [-0.15, -0.1) is 0 Å². The second kappa shape index (κ2) is 5.29. The van der Waals surface area contributed by atoms with E-state index in [2.05, 4.69) is 15.5 Å². The zero-order valence-corrected chi connectivity index (χ0v) is 9.23. The lowest BCUT2D eigenvalue weighted by Gasteiger charge is -2.15. The third kappa shape index (κ3) is 3.38. The molecular weight excluding hydrogens is 210 g/mol. The standard InChI is InChI=1S/C10H15N3O3/c1-6(2)5-8(10(15)16)12-9(14)7-3-4-11-13-7/h3-4,6,8H,5H2,1-2H3,(H,11,13)(H,12,14)(H,15,16)/t8-/m1/s1. The van der Waals surface area contributed by atoms with E-state index < -0.39 is 17.9 Å². The Kier molecular flexibility index (Phi) is 4.04. The first-order chi connectivity index (χ1) is 7.50. The molecule has 1 aromatic heterocycles. The maximum absolute atomic E-state index is 11.6. The molecule has 1 atom stereocenters. The van der Waals surface area contributed by atoms with E-state index in [1.807, 2.05) is 13.8 Å². The second-order valence-electron chi connectivity index (χ2n) is 3.96. The van der Waals surface area contributed by atoms with Gasteiger partial charge >= 0.3 is 5.97 Å². The van der Waals surface area contributed by atoms with Crippen molar-refractivity contribution < 1.29 is 14.7 Å². The number of nitrogens with one attached hydrogen (secondary N) is 2. The normalized spacial score (nSPS) is 12.4. The van der Waals surface area contributed by atoms with Gasteiger partial charge in [-0.3, -0.25) is 9.89 Å². The van der Waals surface area contributed by atoms with Crippen LogP contribution in [0.2, 0.25) is 0 Å². The summed E-state index contributed by atoms with van der Waals surface area (Å²) in [6, 6.07) is 0.625. The number of carboxylic acid groups (broad SMARTS) is 1. The molecule has 0 radical (unpaired) electrons. The first-order valence-electron chi connectivity index (χ1n) is 5.03. The van der Waals surface area contributed by atoms with E-state index in [4.69, 9.17) is 5.11 Å². The summed E-state index contributed by atoms with van der Waals surface area (Å²) >= 11 is 0. The van der Waals surface area contributed by atoms with Crippen LogP contribution in [-0.4, -0.2) is 33.2 Å². The molecule has 6 nitrogen and oxygen atoms in total. The summed E-state index contributed by atoms with van der Waals surface area (Å²) in [5.41, 5.74) is 0.259. The molecule has 1 amide bonds. The highest BCUT2D eigenvalue weighted by molar-refractivity contribution is 5.94. The second-order valence-corrected chi connectivity index (χ2v) is 3.96. The van der Waals surface area contributed by atoms with Crippen molar-refractivity contribution in [2.75, 3.05) is 0 Å². The molecule has 16 heavy (non-hydrogen) atoms. The lowest BCUT2D eigenvalue weighted by Crippen LogP contribution is -2.41. The number of hydrogen-bond acceptors (Lipinski definition) is 3. The van der Waals surface area contributed by atoms with Crippen molar-refractivity contribution in [1.29, 1.82) is 0 Å². The topological polar surface area (TPSA) is 95.1 Å². The third-order valence-electron chi connectivity index (χ3n) is 2.06. The van der Waals surface area contributed by atoms with Crippen molar-refractivity contribution in [3.8, 4) is 0 Å². The molecule has 88 valence electrons. The molecule has 0 saturated carbocycles. The van der Waals surface area contributed by atoms with Crippen LogP contribution in [0.15, 0.2) is 12.3 Å². The summed E-state index contributed by atoms with van der Waals surface area (Å²) in [6.07, 6.45) is 1.84. The van der Waals surface area contributed by atoms with Crippen LogP contribution in [-0.2, 0) is 4.79 Å². The Morgan fingerprint density at radius 1 is 1.56 bits per heavy atom. The van der Waals surface area contributed by atoms with Gasteiger partial charge in [-0.2, -0.15) is 5.10 Å². The summed E-state index contributed by atoms with van der Waals surface area (Å²) in [4.78, 5) is 22.5. The number of carbonyl (C=O) groups excluding carboxylic acids is 1. The molecule has 0 unspecified atom stereocenters. The number of aromatic amines is 1. The number of carbonyl (C=O) groups is 2. The molecule has 0 saturated heterocycles. The molecule has 0 aliphatic heterocycles. The van der Waals surface area contributed by atoms with Crippen LogP contribution in [0, 0.1) is 5.92 Å². The minimum Gasteiger partial charge on any atom is -0.480 e. The number of rotatable bonds is 5. The Hall–Kier alpha value is -1.85. The van der Waals surface area contributed by atoms with Gasteiger partial charge in [-0.1, -0.05) is 13.8 Å². The van der Waals surface area contributed by atoms with Crippen molar-refractivity contribution in [2.45, 2.75) is 26.3 Å². The SMILES string of the molecule is CC(C)C[C@@H](NC(=O)c1ccn[nH]1)C(=O)O. The Labute approximate surface area is 93.1 Å². The van der Waals surface area contributed by atoms with Gasteiger partial charge < -0.3 is 10.4 Å². The molecule has 0 aliphatic rings. The highest BCUT2D eigenvalue weighted by atomic mass is 16.4. The molecule has 1 rings (SSSR count). The molecule has 0 fully saturated rings. The van der Waals surface area contributed by atoms with Crippen molar-refractivity contribution in [2.24, 2.45) is 5.92 Å². The van der Waals surface area contributed by atoms with Crippen molar-refractivity contribution in [1.82, 2.24) is 15.5 Å². The zero-order chi connectivity index (χ0) is 12.1. The summed E-state index contributed by atoms with van der Waals surface area (Å²) < 4.78 is 0. The van der Waals surface area contributed by atoms with E-state index in [-0.39, 0.29) is 11.6 Å². The monoisotopic (exact) mass is 225 g/mol. The van der Waals surface area contributed by atoms with E-state index in [0.29, 0.717) is 6.42 Å². The minimum absolute atomic E-state index is 0.197. The Morgan fingerprint density at radius 3 is 2.69 bits per heavy atom. The van der Waals surface area contributed by atoms with Gasteiger partial charge in [0.25, 0.3) is 5.91 Å². The third-order valence-corrected chi connectivity index (χ3v) is 2.06. The molecule has 3 N–H and O–H groups in total. The molecule has 0 aliphatic carbocycles. The van der Waals surface area contributed by atoms with Crippen molar-refractivity contribution in [3.63, 3.8) is 0 Å². The quantitative estimate of drug-likeness (QED) is 0.685. The van der Waals surface area contributed by atoms with E-state index in [9.17, 15) is 9.59 Å². The van der Waals surface area contributed by atoms with Gasteiger partial charge in [-0.25, -0.2) is 4.79 Å². The maximum Gasteiger partial charge on any atom is 0.326 e. The fraction of sp³-hybridized carbons (Fsp3) is 0.500. The average Bonchev–Trinajstić information content (AvgIpc) is 2.68. The van der Waals surface area contributed by atoms with E-state index in [1.54, 1.807) is 0 Å². The summed E-state index contributed by atoms with van der Waals surface area (Å²) in [7, 11) is 0. The average molecular weight is 225 g/mol. The first-order valence-corrected chi connectivity index (χ1v) is 5.03. The van der Waals surface area contributed by atoms with Gasteiger partial charge in [-0.05, 0) is 18.4 Å². The Balaban J connectivity index is 2.62. The van der Waals surface area contributed by atoms with Crippen LogP contribution in [0.25, 0.3) is 0 Å². The van der Waals surface area contributed by atoms with Crippen LogP contribution in [0.4, 0.5) is 0 Å². The van der Waals surface area contributed by atoms with E-state index >= 15 is 0 Å². The fourth-order valence-corrected chi connectivity index (χ4v) is 1.31. The smallest absolute Gasteiger partial charge is 0.326 e. The highest BCUT2D eigenvalue weighted by Gasteiger charge is 2.21. The predicted molar refractivity (Wildman–Crippen MR) is 56.9 cm³/mol. The number of aromatic nitrogens is 2. The Morgan fingerprint density at radius 2 is 2.25 bits per heavy atom. The maximum atomic E-state index is 11.6. The summed E-state index contributed by atoms with van der Waals surface area (Å²) in [5.74, 6) is -1.28. The largest absolute Gasteiger partial charge is 0.480 e. The highest BCUT2D eigenvalue weighted by Crippen LogP contribution is 2.05. The molecular formula is C10H15N3O3. The number of H-pyrrole nitrogens is 1. The van der Waals surface area contributed by atoms with Crippen molar-refractivity contribution in [3.05, 3.63) is 18.0 Å². The van der Waals surface area contributed by atoms with Crippen LogP contribution >= 0.6 is 0 Å². The molecule has 0 aromatic carbocycles. The van der Waals surface area contributed by atoms with Crippen molar-refractivity contribution >= 4 is 11.9 Å². The summed E-state index contributed by atoms with van der Waals surface area (Å²) in [6.45, 7) is 3.80. The number of amides is 1. The van der Waals surface area contributed by atoms with Crippen LogP contribution in [0.1, 0.15) is 30.8 Å². The van der Waals surface area contributed by atoms with Gasteiger partial charge in [0.15, 0.2) is 0 Å². The zero-order valence-electron chi connectivity index (χ0n) is 9.23. The van der Waals surface area contributed by atoms with Crippen LogP contribution < -0.4 is 5.32 Å².